The number of hydrogen-bond acceptors (Lipinski definition) is 4. The Hall–Kier alpha value is -1.11. The van der Waals surface area contributed by atoms with Crippen molar-refractivity contribution in [1.29, 1.82) is 0 Å². The van der Waals surface area contributed by atoms with E-state index in [1.165, 1.54) is 13.2 Å². The molecule has 0 radical (unpaired) electrons. The van der Waals surface area contributed by atoms with Crippen molar-refractivity contribution in [3.63, 3.8) is 0 Å². The lowest BCUT2D eigenvalue weighted by Crippen LogP contribution is -2.01. The summed E-state index contributed by atoms with van der Waals surface area (Å²) >= 11 is 9.12. The topological polar surface area (TPSA) is 61.6 Å². The van der Waals surface area contributed by atoms with E-state index in [-0.39, 0.29) is 6.79 Å². The van der Waals surface area contributed by atoms with Crippen LogP contribution in [0.1, 0.15) is 5.56 Å². The standard InChI is InChI=1S/C10H9BrClNO4/c1-16-6-17-10-7(2-3-13(14)15)4-8(12)5-9(10)11/h2-5H,6H2,1H3/b3-2+. The lowest BCUT2D eigenvalue weighted by molar-refractivity contribution is -0.400. The molecule has 0 aliphatic rings. The fourth-order valence-corrected chi connectivity index (χ4v) is 2.06. The normalized spacial score (nSPS) is 10.8. The summed E-state index contributed by atoms with van der Waals surface area (Å²) in [7, 11) is 1.48. The zero-order chi connectivity index (χ0) is 12.8. The number of methoxy groups -OCH3 is 1. The fraction of sp³-hybridized carbons (Fsp3) is 0.200. The van der Waals surface area contributed by atoms with Crippen LogP contribution in [0.25, 0.3) is 6.08 Å². The SMILES string of the molecule is COCOc1c(Br)cc(Cl)cc1/C=C/[N+](=O)[O-]. The van der Waals surface area contributed by atoms with E-state index >= 15 is 0 Å². The molecular formula is C10H9BrClNO4. The summed E-state index contributed by atoms with van der Waals surface area (Å²) in [5.74, 6) is 0.439. The Morgan fingerprint density at radius 1 is 1.59 bits per heavy atom. The van der Waals surface area contributed by atoms with Gasteiger partial charge in [0.05, 0.1) is 9.40 Å². The van der Waals surface area contributed by atoms with Crippen molar-refractivity contribution in [1.82, 2.24) is 0 Å². The Morgan fingerprint density at radius 3 is 2.88 bits per heavy atom. The highest BCUT2D eigenvalue weighted by Gasteiger charge is 2.09. The molecular weight excluding hydrogens is 313 g/mol. The Bertz CT molecular complexity index is 450. The van der Waals surface area contributed by atoms with Crippen molar-refractivity contribution < 1.29 is 14.4 Å². The van der Waals surface area contributed by atoms with Gasteiger partial charge in [-0.1, -0.05) is 11.6 Å². The molecule has 0 atom stereocenters. The van der Waals surface area contributed by atoms with Crippen molar-refractivity contribution in [3.8, 4) is 5.75 Å². The summed E-state index contributed by atoms with van der Waals surface area (Å²) in [6.45, 7) is 0.0412. The number of benzene rings is 1. The summed E-state index contributed by atoms with van der Waals surface area (Å²) in [4.78, 5) is 9.72. The van der Waals surface area contributed by atoms with Crippen molar-refractivity contribution in [2.45, 2.75) is 0 Å². The zero-order valence-electron chi connectivity index (χ0n) is 8.85. The Balaban J connectivity index is 3.10. The molecule has 1 rings (SSSR count). The summed E-state index contributed by atoms with van der Waals surface area (Å²) < 4.78 is 10.7. The van der Waals surface area contributed by atoms with Crippen LogP contribution in [-0.4, -0.2) is 18.8 Å². The van der Waals surface area contributed by atoms with Crippen LogP contribution in [0, 0.1) is 10.1 Å². The Kier molecular flexibility index (Phi) is 5.40. The third-order valence-electron chi connectivity index (χ3n) is 1.73. The van der Waals surface area contributed by atoms with Crippen LogP contribution in [0.5, 0.6) is 5.75 Å². The van der Waals surface area contributed by atoms with Gasteiger partial charge in [0.1, 0.15) is 5.75 Å². The Labute approximate surface area is 111 Å². The van der Waals surface area contributed by atoms with Gasteiger partial charge >= 0.3 is 0 Å². The molecule has 17 heavy (non-hydrogen) atoms. The van der Waals surface area contributed by atoms with Gasteiger partial charge < -0.3 is 9.47 Å². The Morgan fingerprint density at radius 2 is 2.29 bits per heavy atom. The minimum atomic E-state index is -0.561. The van der Waals surface area contributed by atoms with Gasteiger partial charge in [-0.3, -0.25) is 10.1 Å². The van der Waals surface area contributed by atoms with Crippen LogP contribution in [0.15, 0.2) is 22.8 Å². The van der Waals surface area contributed by atoms with Gasteiger partial charge in [-0.25, -0.2) is 0 Å². The molecule has 0 unspecified atom stereocenters. The summed E-state index contributed by atoms with van der Waals surface area (Å²) in [6, 6.07) is 3.20. The molecule has 0 spiro atoms. The van der Waals surface area contributed by atoms with E-state index in [0.29, 0.717) is 20.8 Å². The van der Waals surface area contributed by atoms with E-state index < -0.39 is 4.92 Å². The quantitative estimate of drug-likeness (QED) is 0.474. The first kappa shape index (κ1) is 14.0. The second-order valence-corrected chi connectivity index (χ2v) is 4.25. The molecule has 0 saturated heterocycles. The molecule has 0 aliphatic heterocycles. The number of rotatable bonds is 5. The molecule has 1 aromatic rings. The first-order valence-corrected chi connectivity index (χ1v) is 5.64. The number of nitro groups is 1. The molecule has 0 fully saturated rings. The average Bonchev–Trinajstić information content (AvgIpc) is 2.24. The van der Waals surface area contributed by atoms with E-state index in [9.17, 15) is 10.1 Å². The molecule has 92 valence electrons. The van der Waals surface area contributed by atoms with E-state index in [4.69, 9.17) is 21.1 Å². The van der Waals surface area contributed by atoms with Crippen LogP contribution in [0.2, 0.25) is 5.02 Å². The maximum absolute atomic E-state index is 10.3. The lowest BCUT2D eigenvalue weighted by atomic mass is 10.2. The number of ether oxygens (including phenoxy) is 2. The van der Waals surface area contributed by atoms with Crippen molar-refractivity contribution in [2.24, 2.45) is 0 Å². The highest BCUT2D eigenvalue weighted by Crippen LogP contribution is 2.33. The van der Waals surface area contributed by atoms with Crippen molar-refractivity contribution >= 4 is 33.6 Å². The van der Waals surface area contributed by atoms with Crippen LogP contribution in [-0.2, 0) is 4.74 Å². The van der Waals surface area contributed by atoms with Gasteiger partial charge in [0.25, 0.3) is 0 Å². The molecule has 0 heterocycles. The summed E-state index contributed by atoms with van der Waals surface area (Å²) in [5.41, 5.74) is 0.498. The molecule has 0 N–H and O–H groups in total. The maximum atomic E-state index is 10.3. The smallest absolute Gasteiger partial charge is 0.235 e. The first-order valence-electron chi connectivity index (χ1n) is 4.47. The van der Waals surface area contributed by atoms with Gasteiger partial charge in [0.2, 0.25) is 6.20 Å². The molecule has 0 aromatic heterocycles. The minimum Gasteiger partial charge on any atom is -0.466 e. The van der Waals surface area contributed by atoms with Crippen LogP contribution in [0.3, 0.4) is 0 Å². The number of nitrogens with zero attached hydrogens (tertiary/aromatic N) is 1. The van der Waals surface area contributed by atoms with Crippen LogP contribution < -0.4 is 4.74 Å². The van der Waals surface area contributed by atoms with Gasteiger partial charge in [-0.15, -0.1) is 0 Å². The molecule has 1 aromatic carbocycles. The fourth-order valence-electron chi connectivity index (χ4n) is 1.12. The second kappa shape index (κ2) is 6.58. The largest absolute Gasteiger partial charge is 0.466 e. The highest BCUT2D eigenvalue weighted by molar-refractivity contribution is 9.10. The third-order valence-corrected chi connectivity index (χ3v) is 2.54. The van der Waals surface area contributed by atoms with E-state index in [1.807, 2.05) is 0 Å². The molecule has 5 nitrogen and oxygen atoms in total. The molecule has 0 aliphatic carbocycles. The lowest BCUT2D eigenvalue weighted by Gasteiger charge is -2.10. The second-order valence-electron chi connectivity index (χ2n) is 2.96. The van der Waals surface area contributed by atoms with Gasteiger partial charge in [0.15, 0.2) is 6.79 Å². The zero-order valence-corrected chi connectivity index (χ0v) is 11.2. The molecule has 0 bridgehead atoms. The predicted octanol–water partition coefficient (Wildman–Crippen LogP) is 3.33. The van der Waals surface area contributed by atoms with Crippen LogP contribution >= 0.6 is 27.5 Å². The van der Waals surface area contributed by atoms with Crippen molar-refractivity contribution in [2.75, 3.05) is 13.9 Å². The molecule has 7 heteroatoms. The summed E-state index contributed by atoms with van der Waals surface area (Å²) in [6.07, 6.45) is 2.12. The van der Waals surface area contributed by atoms with Gasteiger partial charge in [-0.05, 0) is 28.1 Å². The minimum absolute atomic E-state index is 0.0412. The molecule has 0 amide bonds. The van der Waals surface area contributed by atoms with E-state index in [2.05, 4.69) is 15.9 Å². The van der Waals surface area contributed by atoms with E-state index in [1.54, 1.807) is 12.1 Å². The van der Waals surface area contributed by atoms with Gasteiger partial charge in [-0.2, -0.15) is 0 Å². The average molecular weight is 323 g/mol. The van der Waals surface area contributed by atoms with Crippen LogP contribution in [0.4, 0.5) is 0 Å². The third kappa shape index (κ3) is 4.33. The highest BCUT2D eigenvalue weighted by atomic mass is 79.9. The summed E-state index contributed by atoms with van der Waals surface area (Å²) in [5, 5.41) is 10.7. The monoisotopic (exact) mass is 321 g/mol. The number of halogens is 2. The molecule has 0 saturated carbocycles. The first-order chi connectivity index (χ1) is 8.04. The van der Waals surface area contributed by atoms with E-state index in [0.717, 1.165) is 6.20 Å². The number of hydrogen-bond donors (Lipinski definition) is 0. The van der Waals surface area contributed by atoms with Crippen molar-refractivity contribution in [3.05, 3.63) is 43.5 Å². The predicted molar refractivity (Wildman–Crippen MR) is 67.7 cm³/mol. The van der Waals surface area contributed by atoms with Gasteiger partial charge in [0, 0.05) is 23.8 Å². The maximum Gasteiger partial charge on any atom is 0.235 e.